The van der Waals surface area contributed by atoms with Crippen molar-refractivity contribution in [1.29, 1.82) is 0 Å². The zero-order valence-corrected chi connectivity index (χ0v) is 16.9. The van der Waals surface area contributed by atoms with Crippen molar-refractivity contribution in [3.63, 3.8) is 0 Å². The summed E-state index contributed by atoms with van der Waals surface area (Å²) in [5.74, 6) is -0.0404. The molecule has 148 valence electrons. The van der Waals surface area contributed by atoms with E-state index in [1.165, 1.54) is 5.56 Å². The maximum absolute atomic E-state index is 12.4. The Hall–Kier alpha value is -2.66. The second-order valence-corrected chi connectivity index (χ2v) is 8.33. The summed E-state index contributed by atoms with van der Waals surface area (Å²) in [6, 6.07) is 18.4. The third-order valence-corrected chi connectivity index (χ3v) is 5.12. The summed E-state index contributed by atoms with van der Waals surface area (Å²) in [7, 11) is 0. The summed E-state index contributed by atoms with van der Waals surface area (Å²) < 4.78 is 4.34. The van der Waals surface area contributed by atoms with Crippen LogP contribution in [-0.2, 0) is 17.9 Å². The van der Waals surface area contributed by atoms with E-state index in [0.717, 1.165) is 17.6 Å². The van der Waals surface area contributed by atoms with Crippen molar-refractivity contribution in [2.24, 2.45) is 5.41 Å². The zero-order valence-electron chi connectivity index (χ0n) is 16.9. The Bertz CT molecular complexity index is 926. The number of fused-ring (bicyclic) bond motifs is 1. The molecular formula is C23H30N3O2+. The summed E-state index contributed by atoms with van der Waals surface area (Å²) >= 11 is 0. The van der Waals surface area contributed by atoms with Crippen molar-refractivity contribution >= 4 is 16.9 Å². The number of hydrogen-bond donors (Lipinski definition) is 2. The highest BCUT2D eigenvalue weighted by atomic mass is 16.3. The Morgan fingerprint density at radius 3 is 2.46 bits per heavy atom. The van der Waals surface area contributed by atoms with Crippen LogP contribution in [0.4, 0.5) is 0 Å². The number of nitrogens with one attached hydrogen (secondary N) is 1. The van der Waals surface area contributed by atoms with Crippen LogP contribution < -0.4 is 9.88 Å². The second-order valence-electron chi connectivity index (χ2n) is 8.33. The number of imidazole rings is 1. The quantitative estimate of drug-likeness (QED) is 0.619. The predicted octanol–water partition coefficient (Wildman–Crippen LogP) is 2.89. The van der Waals surface area contributed by atoms with E-state index in [4.69, 9.17) is 0 Å². The van der Waals surface area contributed by atoms with Crippen LogP contribution in [0.3, 0.4) is 0 Å². The Morgan fingerprint density at radius 1 is 1.11 bits per heavy atom. The van der Waals surface area contributed by atoms with Gasteiger partial charge in [0.25, 0.3) is 0 Å². The van der Waals surface area contributed by atoms with Crippen molar-refractivity contribution in [2.75, 3.05) is 6.61 Å². The molecule has 0 spiro atoms. The summed E-state index contributed by atoms with van der Waals surface area (Å²) in [6.45, 7) is 7.37. The van der Waals surface area contributed by atoms with Gasteiger partial charge in [-0.3, -0.25) is 4.79 Å². The number of rotatable bonds is 7. The number of hydrogen-bond acceptors (Lipinski definition) is 2. The van der Waals surface area contributed by atoms with Crippen LogP contribution in [0.5, 0.6) is 0 Å². The first-order valence-electron chi connectivity index (χ1n) is 9.80. The van der Waals surface area contributed by atoms with E-state index in [1.807, 2.05) is 51.1 Å². The van der Waals surface area contributed by atoms with E-state index >= 15 is 0 Å². The lowest BCUT2D eigenvalue weighted by Gasteiger charge is -2.29. The van der Waals surface area contributed by atoms with Crippen LogP contribution in [0, 0.1) is 5.41 Å². The topological polar surface area (TPSA) is 58.1 Å². The van der Waals surface area contributed by atoms with Gasteiger partial charge < -0.3 is 10.4 Å². The number of carbonyl (C=O) groups excluding carboxylic acids is 1. The predicted molar refractivity (Wildman–Crippen MR) is 111 cm³/mol. The Balaban J connectivity index is 1.74. The number of benzene rings is 2. The van der Waals surface area contributed by atoms with Crippen LogP contribution in [0.15, 0.2) is 60.9 Å². The summed E-state index contributed by atoms with van der Waals surface area (Å²) in [5, 5.41) is 12.5. The van der Waals surface area contributed by atoms with Crippen LogP contribution >= 0.6 is 0 Å². The van der Waals surface area contributed by atoms with Gasteiger partial charge in [-0.2, -0.15) is 0 Å². The molecule has 0 aliphatic rings. The lowest BCUT2D eigenvalue weighted by atomic mass is 9.87. The highest BCUT2D eigenvalue weighted by Crippen LogP contribution is 2.19. The number of para-hydroxylation sites is 2. The van der Waals surface area contributed by atoms with Gasteiger partial charge >= 0.3 is 0 Å². The fourth-order valence-corrected chi connectivity index (χ4v) is 3.35. The normalized spacial score (nSPS) is 12.9. The van der Waals surface area contributed by atoms with Gasteiger partial charge in [0.15, 0.2) is 11.0 Å². The minimum absolute atomic E-state index is 0.0404. The van der Waals surface area contributed by atoms with Crippen molar-refractivity contribution < 1.29 is 14.5 Å². The molecule has 1 atom stereocenters. The molecule has 0 unspecified atom stereocenters. The molecule has 28 heavy (non-hydrogen) atoms. The van der Waals surface area contributed by atoms with Crippen LogP contribution in [-0.4, -0.2) is 28.2 Å². The van der Waals surface area contributed by atoms with E-state index in [0.29, 0.717) is 13.0 Å². The molecule has 0 fully saturated rings. The maximum atomic E-state index is 12.4. The lowest BCUT2D eigenvalue weighted by molar-refractivity contribution is -0.663. The molecule has 5 nitrogen and oxygen atoms in total. The van der Waals surface area contributed by atoms with Crippen molar-refractivity contribution in [2.45, 2.75) is 46.3 Å². The van der Waals surface area contributed by atoms with Crippen molar-refractivity contribution in [1.82, 2.24) is 9.88 Å². The lowest BCUT2D eigenvalue weighted by Crippen LogP contribution is -2.46. The number of aliphatic hydroxyl groups is 1. The molecule has 3 rings (SSSR count). The molecule has 5 heteroatoms. The van der Waals surface area contributed by atoms with Gasteiger partial charge in [-0.05, 0) is 23.1 Å². The molecular weight excluding hydrogens is 350 g/mol. The maximum Gasteiger partial charge on any atom is 0.245 e. The first-order chi connectivity index (χ1) is 13.4. The van der Waals surface area contributed by atoms with Crippen LogP contribution in [0.2, 0.25) is 0 Å². The molecule has 1 heterocycles. The number of aromatic nitrogens is 2. The molecule has 0 aliphatic heterocycles. The SMILES string of the molecule is CC(C)(C)[C@@H](CO)NC(=O)CCn1c[n+](Cc2ccccc2)c2ccccc21. The fourth-order valence-electron chi connectivity index (χ4n) is 3.35. The van der Waals surface area contributed by atoms with E-state index in [-0.39, 0.29) is 24.0 Å². The zero-order chi connectivity index (χ0) is 20.1. The van der Waals surface area contributed by atoms with Gasteiger partial charge in [0, 0.05) is 0 Å². The second kappa shape index (κ2) is 8.57. The molecule has 3 aromatic rings. The highest BCUT2D eigenvalue weighted by Gasteiger charge is 2.25. The van der Waals surface area contributed by atoms with Crippen molar-refractivity contribution in [3.05, 3.63) is 66.5 Å². The van der Waals surface area contributed by atoms with Crippen molar-refractivity contribution in [3.8, 4) is 0 Å². The number of aryl methyl sites for hydroxylation is 1. The van der Waals surface area contributed by atoms with Gasteiger partial charge in [-0.15, -0.1) is 0 Å². The molecule has 2 aromatic carbocycles. The van der Waals surface area contributed by atoms with Gasteiger partial charge in [0.1, 0.15) is 6.54 Å². The van der Waals surface area contributed by atoms with Gasteiger partial charge in [-0.25, -0.2) is 9.13 Å². The van der Waals surface area contributed by atoms with Gasteiger partial charge in [0.05, 0.1) is 25.6 Å². The van der Waals surface area contributed by atoms with Crippen LogP contribution in [0.1, 0.15) is 32.8 Å². The molecule has 0 aliphatic carbocycles. The van der Waals surface area contributed by atoms with Gasteiger partial charge in [0.2, 0.25) is 12.2 Å². The molecule has 0 bridgehead atoms. The first-order valence-corrected chi connectivity index (χ1v) is 9.80. The molecule has 0 saturated heterocycles. The van der Waals surface area contributed by atoms with E-state index in [2.05, 4.69) is 45.0 Å². The third-order valence-electron chi connectivity index (χ3n) is 5.12. The standard InChI is InChI=1S/C23H29N3O2/c1-23(2,3)21(16-27)24-22(28)13-14-25-17-26(15-18-9-5-4-6-10-18)20-12-8-7-11-19(20)25/h4-12,17,21,27H,13-16H2,1-3H3/p+1/t21-/m1/s1. The summed E-state index contributed by atoms with van der Waals surface area (Å²) in [4.78, 5) is 12.4. The molecule has 1 aromatic heterocycles. The molecule has 0 radical (unpaired) electrons. The molecule has 2 N–H and O–H groups in total. The average molecular weight is 381 g/mol. The molecule has 1 amide bonds. The van der Waals surface area contributed by atoms with Crippen LogP contribution in [0.25, 0.3) is 11.0 Å². The first kappa shape index (κ1) is 20.1. The number of carbonyl (C=O) groups is 1. The number of nitrogens with zero attached hydrogens (tertiary/aromatic N) is 2. The Labute approximate surface area is 166 Å². The highest BCUT2D eigenvalue weighted by molar-refractivity contribution is 5.77. The van der Waals surface area contributed by atoms with Gasteiger partial charge in [-0.1, -0.05) is 63.2 Å². The summed E-state index contributed by atoms with van der Waals surface area (Å²) in [5.41, 5.74) is 3.32. The minimum atomic E-state index is -0.246. The minimum Gasteiger partial charge on any atom is -0.394 e. The average Bonchev–Trinajstić information content (AvgIpc) is 3.02. The largest absolute Gasteiger partial charge is 0.394 e. The van der Waals surface area contributed by atoms with E-state index < -0.39 is 0 Å². The van der Waals surface area contributed by atoms with E-state index in [1.54, 1.807) is 0 Å². The monoisotopic (exact) mass is 380 g/mol. The number of aliphatic hydroxyl groups excluding tert-OH is 1. The third kappa shape index (κ3) is 4.78. The number of amides is 1. The smallest absolute Gasteiger partial charge is 0.245 e. The summed E-state index contributed by atoms with van der Waals surface area (Å²) in [6.07, 6.45) is 2.45. The van der Waals surface area contributed by atoms with E-state index in [9.17, 15) is 9.90 Å². The molecule has 0 saturated carbocycles. The fraction of sp³-hybridized carbons (Fsp3) is 0.391. The Kier molecular flexibility index (Phi) is 6.15. The Morgan fingerprint density at radius 2 is 1.79 bits per heavy atom.